The van der Waals surface area contributed by atoms with E-state index in [0.717, 1.165) is 65.2 Å². The van der Waals surface area contributed by atoms with Crippen molar-refractivity contribution in [1.82, 2.24) is 9.80 Å². The normalized spacial score (nSPS) is 14.4. The van der Waals surface area contributed by atoms with E-state index in [4.69, 9.17) is 21.1 Å². The van der Waals surface area contributed by atoms with Crippen molar-refractivity contribution >= 4 is 28.8 Å². The van der Waals surface area contributed by atoms with Crippen molar-refractivity contribution in [2.45, 2.75) is 20.1 Å². The average molecular weight is 471 g/mol. The summed E-state index contributed by atoms with van der Waals surface area (Å²) in [5.41, 5.74) is 3.24. The fourth-order valence-electron chi connectivity index (χ4n) is 3.69. The maximum Gasteiger partial charge on any atom is 0.264 e. The fourth-order valence-corrected chi connectivity index (χ4v) is 4.67. The van der Waals surface area contributed by atoms with Crippen LogP contribution in [0.3, 0.4) is 0 Å². The number of carbonyl (C=O) groups is 1. The maximum absolute atomic E-state index is 13.0. The van der Waals surface area contributed by atoms with Gasteiger partial charge in [-0.3, -0.25) is 9.69 Å². The predicted molar refractivity (Wildman–Crippen MR) is 129 cm³/mol. The van der Waals surface area contributed by atoms with Crippen LogP contribution < -0.4 is 9.47 Å². The number of benzene rings is 2. The van der Waals surface area contributed by atoms with Gasteiger partial charge in [-0.1, -0.05) is 23.7 Å². The number of methoxy groups -OCH3 is 1. The molecule has 1 fully saturated rings. The van der Waals surface area contributed by atoms with Crippen LogP contribution in [0.15, 0.2) is 53.9 Å². The van der Waals surface area contributed by atoms with Crippen molar-refractivity contribution < 1.29 is 14.3 Å². The number of carbonyl (C=O) groups excluding carboxylic acids is 1. The molecule has 7 heteroatoms. The molecule has 3 aromatic rings. The molecule has 0 saturated carbocycles. The first-order valence-corrected chi connectivity index (χ1v) is 11.9. The highest BCUT2D eigenvalue weighted by Crippen LogP contribution is 2.24. The van der Waals surface area contributed by atoms with Crippen molar-refractivity contribution in [2.75, 3.05) is 33.3 Å². The lowest BCUT2D eigenvalue weighted by Gasteiger charge is -2.34. The second-order valence-electron chi connectivity index (χ2n) is 7.94. The number of ether oxygens (including phenoxy) is 2. The molecule has 32 heavy (non-hydrogen) atoms. The van der Waals surface area contributed by atoms with Gasteiger partial charge in [-0.05, 0) is 59.8 Å². The van der Waals surface area contributed by atoms with Crippen LogP contribution in [-0.4, -0.2) is 49.0 Å². The van der Waals surface area contributed by atoms with Gasteiger partial charge in [-0.2, -0.15) is 0 Å². The minimum absolute atomic E-state index is 0.104. The van der Waals surface area contributed by atoms with Gasteiger partial charge in [0.05, 0.1) is 12.0 Å². The molecule has 0 N–H and O–H groups in total. The summed E-state index contributed by atoms with van der Waals surface area (Å²) in [4.78, 5) is 18.0. The number of hydrogen-bond acceptors (Lipinski definition) is 5. The van der Waals surface area contributed by atoms with Crippen LogP contribution in [0.2, 0.25) is 5.02 Å². The smallest absolute Gasteiger partial charge is 0.264 e. The SMILES string of the molecule is COc1ccc(CN2CCN(C(=O)c3cc(COc4ccc(Cl)c(C)c4)cs3)CC2)cc1. The van der Waals surface area contributed by atoms with E-state index >= 15 is 0 Å². The lowest BCUT2D eigenvalue weighted by Crippen LogP contribution is -2.48. The number of thiophene rings is 1. The first-order valence-electron chi connectivity index (χ1n) is 10.6. The minimum Gasteiger partial charge on any atom is -0.497 e. The van der Waals surface area contributed by atoms with Gasteiger partial charge in [0.2, 0.25) is 0 Å². The molecule has 1 aliphatic heterocycles. The molecular weight excluding hydrogens is 444 g/mol. The number of nitrogens with zero attached hydrogens (tertiary/aromatic N) is 2. The number of hydrogen-bond donors (Lipinski definition) is 0. The van der Waals surface area contributed by atoms with Crippen molar-refractivity contribution in [3.05, 3.63) is 80.5 Å². The van der Waals surface area contributed by atoms with Crippen molar-refractivity contribution in [3.63, 3.8) is 0 Å². The summed E-state index contributed by atoms with van der Waals surface area (Å²) >= 11 is 7.55. The standard InChI is InChI=1S/C25H27ClN2O3S/c1-18-13-22(7-8-23(18)26)31-16-20-14-24(32-17-20)25(29)28-11-9-27(10-12-28)15-19-3-5-21(30-2)6-4-19/h3-8,13-14,17H,9-12,15-16H2,1-2H3. The number of halogens is 1. The highest BCUT2D eigenvalue weighted by Gasteiger charge is 2.23. The summed E-state index contributed by atoms with van der Waals surface area (Å²) in [6.45, 7) is 6.49. The van der Waals surface area contributed by atoms with E-state index in [1.807, 2.05) is 53.6 Å². The van der Waals surface area contributed by atoms with E-state index in [-0.39, 0.29) is 5.91 Å². The van der Waals surface area contributed by atoms with Gasteiger partial charge in [0, 0.05) is 43.3 Å². The number of amides is 1. The van der Waals surface area contributed by atoms with E-state index in [0.29, 0.717) is 6.61 Å². The third-order valence-corrected chi connectivity index (χ3v) is 7.02. The molecule has 0 bridgehead atoms. The van der Waals surface area contributed by atoms with Gasteiger partial charge in [-0.25, -0.2) is 0 Å². The Kier molecular flexibility index (Phi) is 7.35. The van der Waals surface area contributed by atoms with Crippen molar-refractivity contribution in [1.29, 1.82) is 0 Å². The van der Waals surface area contributed by atoms with Crippen LogP contribution in [-0.2, 0) is 13.2 Å². The average Bonchev–Trinajstić information content (AvgIpc) is 3.29. The van der Waals surface area contributed by atoms with Gasteiger partial charge in [0.15, 0.2) is 0 Å². The lowest BCUT2D eigenvalue weighted by atomic mass is 10.2. The molecule has 0 unspecified atom stereocenters. The van der Waals surface area contributed by atoms with Crippen LogP contribution in [0.5, 0.6) is 11.5 Å². The van der Waals surface area contributed by atoms with Crippen LogP contribution in [0, 0.1) is 6.92 Å². The largest absolute Gasteiger partial charge is 0.497 e. The first-order chi connectivity index (χ1) is 15.5. The highest BCUT2D eigenvalue weighted by molar-refractivity contribution is 7.12. The summed E-state index contributed by atoms with van der Waals surface area (Å²) in [7, 11) is 1.68. The molecule has 1 aliphatic rings. The Bertz CT molecular complexity index is 1060. The Morgan fingerprint density at radius 1 is 1.00 bits per heavy atom. The molecule has 2 aromatic carbocycles. The zero-order valence-corrected chi connectivity index (χ0v) is 19.9. The van der Waals surface area contributed by atoms with Crippen molar-refractivity contribution in [3.8, 4) is 11.5 Å². The Morgan fingerprint density at radius 2 is 1.72 bits per heavy atom. The van der Waals surface area contributed by atoms with E-state index in [1.165, 1.54) is 16.9 Å². The molecule has 168 valence electrons. The second kappa shape index (κ2) is 10.4. The monoisotopic (exact) mass is 470 g/mol. The molecule has 1 amide bonds. The number of aryl methyl sites for hydroxylation is 1. The zero-order chi connectivity index (χ0) is 22.5. The second-order valence-corrected chi connectivity index (χ2v) is 9.25. The molecule has 0 spiro atoms. The van der Waals surface area contributed by atoms with Gasteiger partial charge < -0.3 is 14.4 Å². The third kappa shape index (κ3) is 5.63. The van der Waals surface area contributed by atoms with E-state index < -0.39 is 0 Å². The summed E-state index contributed by atoms with van der Waals surface area (Å²) < 4.78 is 11.1. The molecule has 4 rings (SSSR count). The minimum atomic E-state index is 0.104. The lowest BCUT2D eigenvalue weighted by molar-refractivity contribution is 0.0633. The van der Waals surface area contributed by atoms with Crippen LogP contribution >= 0.6 is 22.9 Å². The number of piperazine rings is 1. The van der Waals surface area contributed by atoms with Gasteiger partial charge in [0.25, 0.3) is 5.91 Å². The molecule has 2 heterocycles. The van der Waals surface area contributed by atoms with Crippen LogP contribution in [0.25, 0.3) is 0 Å². The Labute approximate surface area is 198 Å². The van der Waals surface area contributed by atoms with E-state index in [2.05, 4.69) is 17.0 Å². The van der Waals surface area contributed by atoms with Crippen LogP contribution in [0.1, 0.15) is 26.4 Å². The van der Waals surface area contributed by atoms with E-state index in [9.17, 15) is 4.79 Å². The number of rotatable bonds is 7. The summed E-state index contributed by atoms with van der Waals surface area (Å²) in [6, 6.07) is 15.7. The van der Waals surface area contributed by atoms with Crippen LogP contribution in [0.4, 0.5) is 0 Å². The zero-order valence-electron chi connectivity index (χ0n) is 18.3. The molecule has 5 nitrogen and oxygen atoms in total. The summed E-state index contributed by atoms with van der Waals surface area (Å²) in [5.74, 6) is 1.75. The van der Waals surface area contributed by atoms with Gasteiger partial charge >= 0.3 is 0 Å². The quantitative estimate of drug-likeness (QED) is 0.472. The fraction of sp³-hybridized carbons (Fsp3) is 0.320. The van der Waals surface area contributed by atoms with E-state index in [1.54, 1.807) is 7.11 Å². The van der Waals surface area contributed by atoms with Crippen molar-refractivity contribution in [2.24, 2.45) is 0 Å². The first kappa shape index (κ1) is 22.6. The Hall–Kier alpha value is -2.54. The predicted octanol–water partition coefficient (Wildman–Crippen LogP) is 5.26. The van der Waals surface area contributed by atoms with Gasteiger partial charge in [-0.15, -0.1) is 11.3 Å². The molecule has 1 aromatic heterocycles. The maximum atomic E-state index is 13.0. The molecule has 0 aliphatic carbocycles. The highest BCUT2D eigenvalue weighted by atomic mass is 35.5. The summed E-state index contributed by atoms with van der Waals surface area (Å²) in [5, 5.41) is 2.72. The molecule has 1 saturated heterocycles. The Morgan fingerprint density at radius 3 is 2.41 bits per heavy atom. The van der Waals surface area contributed by atoms with Gasteiger partial charge in [0.1, 0.15) is 18.1 Å². The topological polar surface area (TPSA) is 42.0 Å². The summed E-state index contributed by atoms with van der Waals surface area (Å²) in [6.07, 6.45) is 0. The molecule has 0 radical (unpaired) electrons. The molecular formula is C25H27ClN2O3S. The third-order valence-electron chi connectivity index (χ3n) is 5.62. The molecule has 0 atom stereocenters. The Balaban J connectivity index is 1.26.